The van der Waals surface area contributed by atoms with E-state index < -0.39 is 0 Å². The molecule has 1 aliphatic carbocycles. The normalized spacial score (nSPS) is 23.3. The minimum absolute atomic E-state index is 0.0260. The first-order valence-electron chi connectivity index (χ1n) is 5.39. The maximum atomic E-state index is 5.89. The Morgan fingerprint density at radius 3 is 2.38 bits per heavy atom. The van der Waals surface area contributed by atoms with Gasteiger partial charge in [0.15, 0.2) is 0 Å². The molecule has 1 unspecified atom stereocenters. The highest BCUT2D eigenvalue weighted by Crippen LogP contribution is 2.36. The molecule has 78 valence electrons. The number of rotatable bonds is 5. The maximum Gasteiger partial charge on any atom is 0.0847 e. The Morgan fingerprint density at radius 1 is 1.38 bits per heavy atom. The molecular weight excluding hydrogens is 164 g/mol. The Hall–Kier alpha value is -0.120. The van der Waals surface area contributed by atoms with Gasteiger partial charge >= 0.3 is 0 Å². The monoisotopic (exact) mass is 186 g/mol. The third-order valence-electron chi connectivity index (χ3n) is 3.13. The second kappa shape index (κ2) is 4.94. The van der Waals surface area contributed by atoms with Gasteiger partial charge in [-0.2, -0.15) is 0 Å². The first-order valence-corrected chi connectivity index (χ1v) is 5.39. The van der Waals surface area contributed by atoms with Crippen LogP contribution in [0.4, 0.5) is 0 Å². The van der Waals surface area contributed by atoms with E-state index in [9.17, 15) is 0 Å². The predicted octanol–water partition coefficient (Wildman–Crippen LogP) is 1.58. The largest absolute Gasteiger partial charge is 0.374 e. The molecule has 1 fully saturated rings. The number of nitrogens with one attached hydrogen (secondary N) is 1. The van der Waals surface area contributed by atoms with Gasteiger partial charge in [-0.25, -0.2) is 0 Å². The number of hydrazine groups is 1. The van der Waals surface area contributed by atoms with Crippen LogP contribution in [0, 0.1) is 0 Å². The third kappa shape index (κ3) is 2.22. The van der Waals surface area contributed by atoms with Crippen molar-refractivity contribution in [2.75, 3.05) is 6.61 Å². The van der Waals surface area contributed by atoms with E-state index in [4.69, 9.17) is 10.6 Å². The molecule has 0 amide bonds. The summed E-state index contributed by atoms with van der Waals surface area (Å²) in [6.45, 7) is 5.01. The summed E-state index contributed by atoms with van der Waals surface area (Å²) in [7, 11) is 0. The van der Waals surface area contributed by atoms with Crippen LogP contribution < -0.4 is 11.3 Å². The summed E-state index contributed by atoms with van der Waals surface area (Å²) in [5.41, 5.74) is 2.92. The summed E-state index contributed by atoms with van der Waals surface area (Å²) in [6, 6.07) is 0.315. The van der Waals surface area contributed by atoms with Crippen molar-refractivity contribution in [2.45, 2.75) is 57.6 Å². The Labute approximate surface area is 81.0 Å². The zero-order valence-electron chi connectivity index (χ0n) is 8.81. The number of ether oxygens (including phenoxy) is 1. The molecule has 0 aromatic heterocycles. The van der Waals surface area contributed by atoms with Gasteiger partial charge in [-0.1, -0.05) is 19.8 Å². The van der Waals surface area contributed by atoms with Gasteiger partial charge in [0.25, 0.3) is 0 Å². The molecule has 0 radical (unpaired) electrons. The third-order valence-corrected chi connectivity index (χ3v) is 3.13. The maximum absolute atomic E-state index is 5.89. The van der Waals surface area contributed by atoms with Gasteiger partial charge in [-0.05, 0) is 26.2 Å². The minimum atomic E-state index is 0.0260. The second-order valence-electron chi connectivity index (χ2n) is 3.83. The zero-order valence-corrected chi connectivity index (χ0v) is 8.81. The molecule has 3 heteroatoms. The topological polar surface area (TPSA) is 47.3 Å². The van der Waals surface area contributed by atoms with E-state index in [1.54, 1.807) is 0 Å². The first-order chi connectivity index (χ1) is 6.29. The standard InChI is InChI=1S/C10H22N2O/c1-3-9(12-11)10(13-4-2)7-5-6-8-10/h9,12H,3-8,11H2,1-2H3. The molecule has 0 aromatic carbocycles. The van der Waals surface area contributed by atoms with Crippen molar-refractivity contribution < 1.29 is 4.74 Å². The van der Waals surface area contributed by atoms with Crippen LogP contribution in [-0.4, -0.2) is 18.2 Å². The van der Waals surface area contributed by atoms with Gasteiger partial charge in [0.1, 0.15) is 0 Å². The van der Waals surface area contributed by atoms with Gasteiger partial charge < -0.3 is 4.74 Å². The Bertz CT molecular complexity index is 140. The van der Waals surface area contributed by atoms with Crippen LogP contribution in [0.25, 0.3) is 0 Å². The average molecular weight is 186 g/mol. The van der Waals surface area contributed by atoms with Crippen molar-refractivity contribution >= 4 is 0 Å². The summed E-state index contributed by atoms with van der Waals surface area (Å²) in [5.74, 6) is 5.55. The molecular formula is C10H22N2O. The van der Waals surface area contributed by atoms with Crippen LogP contribution in [0.1, 0.15) is 46.0 Å². The molecule has 1 aliphatic rings. The van der Waals surface area contributed by atoms with Gasteiger partial charge in [0, 0.05) is 12.6 Å². The number of nitrogens with two attached hydrogens (primary N) is 1. The van der Waals surface area contributed by atoms with Crippen LogP contribution in [0.5, 0.6) is 0 Å². The highest BCUT2D eigenvalue weighted by molar-refractivity contribution is 4.95. The lowest BCUT2D eigenvalue weighted by molar-refractivity contribution is -0.0622. The predicted molar refractivity (Wildman–Crippen MR) is 54.2 cm³/mol. The van der Waals surface area contributed by atoms with E-state index in [2.05, 4.69) is 19.3 Å². The quantitative estimate of drug-likeness (QED) is 0.506. The number of hydrogen-bond donors (Lipinski definition) is 2. The number of hydrogen-bond acceptors (Lipinski definition) is 3. The Kier molecular flexibility index (Phi) is 4.16. The minimum Gasteiger partial charge on any atom is -0.374 e. The van der Waals surface area contributed by atoms with Crippen molar-refractivity contribution in [2.24, 2.45) is 5.84 Å². The van der Waals surface area contributed by atoms with Crippen molar-refractivity contribution in [3.8, 4) is 0 Å². The lowest BCUT2D eigenvalue weighted by Crippen LogP contribution is -2.53. The van der Waals surface area contributed by atoms with E-state index in [1.807, 2.05) is 0 Å². The van der Waals surface area contributed by atoms with E-state index >= 15 is 0 Å². The molecule has 0 aliphatic heterocycles. The fourth-order valence-electron chi connectivity index (χ4n) is 2.50. The van der Waals surface area contributed by atoms with E-state index in [0.717, 1.165) is 25.9 Å². The summed E-state index contributed by atoms with van der Waals surface area (Å²) in [4.78, 5) is 0. The molecule has 1 saturated carbocycles. The molecule has 0 aromatic rings. The molecule has 0 saturated heterocycles. The molecule has 13 heavy (non-hydrogen) atoms. The average Bonchev–Trinajstić information content (AvgIpc) is 2.57. The highest BCUT2D eigenvalue weighted by atomic mass is 16.5. The first kappa shape index (κ1) is 11.0. The van der Waals surface area contributed by atoms with Crippen LogP contribution >= 0.6 is 0 Å². The smallest absolute Gasteiger partial charge is 0.0847 e. The van der Waals surface area contributed by atoms with Gasteiger partial charge in [-0.3, -0.25) is 11.3 Å². The molecule has 3 nitrogen and oxygen atoms in total. The lowest BCUT2D eigenvalue weighted by atomic mass is 9.90. The summed E-state index contributed by atoms with van der Waals surface area (Å²) in [5, 5.41) is 0. The van der Waals surface area contributed by atoms with Gasteiger partial charge in [0.2, 0.25) is 0 Å². The summed E-state index contributed by atoms with van der Waals surface area (Å²) >= 11 is 0. The fourth-order valence-corrected chi connectivity index (χ4v) is 2.50. The van der Waals surface area contributed by atoms with Crippen molar-refractivity contribution in [1.29, 1.82) is 0 Å². The SMILES string of the molecule is CCOC1(C(CC)NN)CCCC1. The molecule has 3 N–H and O–H groups in total. The second-order valence-corrected chi connectivity index (χ2v) is 3.83. The van der Waals surface area contributed by atoms with Gasteiger partial charge in [0.05, 0.1) is 5.60 Å². The summed E-state index contributed by atoms with van der Waals surface area (Å²) < 4.78 is 5.89. The molecule has 0 spiro atoms. The van der Waals surface area contributed by atoms with Crippen molar-refractivity contribution in [3.05, 3.63) is 0 Å². The summed E-state index contributed by atoms with van der Waals surface area (Å²) in [6.07, 6.45) is 5.90. The van der Waals surface area contributed by atoms with Crippen LogP contribution in [0.3, 0.4) is 0 Å². The Balaban J connectivity index is 2.63. The molecule has 0 bridgehead atoms. The lowest BCUT2D eigenvalue weighted by Gasteiger charge is -2.36. The van der Waals surface area contributed by atoms with Gasteiger partial charge in [-0.15, -0.1) is 0 Å². The van der Waals surface area contributed by atoms with Crippen LogP contribution in [-0.2, 0) is 4.74 Å². The van der Waals surface area contributed by atoms with Crippen molar-refractivity contribution in [1.82, 2.24) is 5.43 Å². The molecule has 0 heterocycles. The Morgan fingerprint density at radius 2 is 2.00 bits per heavy atom. The fraction of sp³-hybridized carbons (Fsp3) is 1.00. The van der Waals surface area contributed by atoms with Crippen molar-refractivity contribution in [3.63, 3.8) is 0 Å². The zero-order chi connectivity index (χ0) is 9.73. The van der Waals surface area contributed by atoms with E-state index in [-0.39, 0.29) is 5.60 Å². The van der Waals surface area contributed by atoms with Crippen LogP contribution in [0.15, 0.2) is 0 Å². The van der Waals surface area contributed by atoms with E-state index in [1.165, 1.54) is 12.8 Å². The van der Waals surface area contributed by atoms with Crippen LogP contribution in [0.2, 0.25) is 0 Å². The molecule has 1 rings (SSSR count). The van der Waals surface area contributed by atoms with E-state index in [0.29, 0.717) is 6.04 Å². The highest BCUT2D eigenvalue weighted by Gasteiger charge is 2.40. The molecule has 1 atom stereocenters.